The first-order valence-corrected chi connectivity index (χ1v) is 5.67. The van der Waals surface area contributed by atoms with Crippen molar-refractivity contribution in [3.63, 3.8) is 0 Å². The number of aromatic nitrogens is 1. The summed E-state index contributed by atoms with van der Waals surface area (Å²) in [7, 11) is 0. The Labute approximate surface area is 101 Å². The quantitative estimate of drug-likeness (QED) is 0.745. The minimum absolute atomic E-state index is 0.0147. The molecule has 1 rings (SSSR count). The number of pyridine rings is 1. The summed E-state index contributed by atoms with van der Waals surface area (Å²) in [6.45, 7) is 8.67. The topological polar surface area (TPSA) is 33.2 Å². The summed E-state index contributed by atoms with van der Waals surface area (Å²) in [5.74, 6) is -0.0147. The lowest BCUT2D eigenvalue weighted by Crippen LogP contribution is -2.45. The number of rotatable bonds is 2. The number of hydrogen-bond acceptors (Lipinski definition) is 2. The Morgan fingerprint density at radius 1 is 1.44 bits per heavy atom. The van der Waals surface area contributed by atoms with Gasteiger partial charge in [0.25, 0.3) is 5.91 Å². The molecule has 0 aliphatic heterocycles. The molecule has 0 saturated heterocycles. The molecule has 0 saturated carbocycles. The molecule has 0 bridgehead atoms. The maximum absolute atomic E-state index is 12.2. The van der Waals surface area contributed by atoms with E-state index in [1.54, 1.807) is 17.0 Å². The first-order chi connectivity index (χ1) is 7.36. The van der Waals surface area contributed by atoms with Crippen molar-refractivity contribution in [2.24, 2.45) is 0 Å². The second kappa shape index (κ2) is 4.83. The van der Waals surface area contributed by atoms with Crippen LogP contribution in [0.4, 0.5) is 0 Å². The van der Waals surface area contributed by atoms with E-state index in [1.807, 2.05) is 27.7 Å². The third-order valence-electron chi connectivity index (χ3n) is 2.35. The number of halogens is 1. The number of carbonyl (C=O) groups is 1. The van der Waals surface area contributed by atoms with Gasteiger partial charge in [0.15, 0.2) is 0 Å². The summed E-state index contributed by atoms with van der Waals surface area (Å²) < 4.78 is 0. The Morgan fingerprint density at radius 3 is 2.44 bits per heavy atom. The molecule has 4 heteroatoms. The minimum Gasteiger partial charge on any atom is -0.334 e. The molecule has 1 aromatic heterocycles. The zero-order valence-electron chi connectivity index (χ0n) is 10.1. The molecular weight excluding hydrogens is 224 g/mol. The zero-order chi connectivity index (χ0) is 12.3. The van der Waals surface area contributed by atoms with Gasteiger partial charge in [0.2, 0.25) is 0 Å². The second-order valence-corrected chi connectivity index (χ2v) is 4.98. The zero-order valence-corrected chi connectivity index (χ0v) is 10.9. The van der Waals surface area contributed by atoms with E-state index in [0.717, 1.165) is 0 Å². The van der Waals surface area contributed by atoms with E-state index in [4.69, 9.17) is 11.6 Å². The number of nitrogens with zero attached hydrogens (tertiary/aromatic N) is 2. The molecule has 0 spiro atoms. The van der Waals surface area contributed by atoms with Gasteiger partial charge in [-0.25, -0.2) is 4.98 Å². The largest absolute Gasteiger partial charge is 0.334 e. The fraction of sp³-hybridized carbons (Fsp3) is 0.500. The highest BCUT2D eigenvalue weighted by Gasteiger charge is 2.25. The Kier molecular flexibility index (Phi) is 3.92. The Morgan fingerprint density at radius 2 is 2.06 bits per heavy atom. The van der Waals surface area contributed by atoms with Gasteiger partial charge in [-0.2, -0.15) is 0 Å². The molecule has 1 aromatic rings. The van der Waals surface area contributed by atoms with Crippen molar-refractivity contribution in [3.8, 4) is 0 Å². The molecule has 0 radical (unpaired) electrons. The molecule has 0 N–H and O–H groups in total. The third kappa shape index (κ3) is 2.95. The van der Waals surface area contributed by atoms with Crippen molar-refractivity contribution in [2.45, 2.75) is 33.2 Å². The highest BCUT2D eigenvalue weighted by molar-refractivity contribution is 6.29. The molecule has 0 unspecified atom stereocenters. The lowest BCUT2D eigenvalue weighted by molar-refractivity contribution is 0.0598. The van der Waals surface area contributed by atoms with Gasteiger partial charge >= 0.3 is 0 Å². The van der Waals surface area contributed by atoms with E-state index in [1.165, 1.54) is 6.20 Å². The van der Waals surface area contributed by atoms with E-state index in [9.17, 15) is 4.79 Å². The van der Waals surface area contributed by atoms with Crippen LogP contribution in [0.5, 0.6) is 0 Å². The lowest BCUT2D eigenvalue weighted by atomic mass is 10.0. The van der Waals surface area contributed by atoms with Gasteiger partial charge in [-0.1, -0.05) is 11.6 Å². The van der Waals surface area contributed by atoms with Crippen LogP contribution in [0, 0.1) is 0 Å². The molecule has 0 aliphatic carbocycles. The summed E-state index contributed by atoms with van der Waals surface area (Å²) in [4.78, 5) is 17.9. The van der Waals surface area contributed by atoms with Crippen molar-refractivity contribution in [2.75, 3.05) is 6.54 Å². The third-order valence-corrected chi connectivity index (χ3v) is 2.57. The highest BCUT2D eigenvalue weighted by Crippen LogP contribution is 2.17. The van der Waals surface area contributed by atoms with Crippen LogP contribution in [0.3, 0.4) is 0 Å². The van der Waals surface area contributed by atoms with Gasteiger partial charge in [0.05, 0.1) is 5.56 Å². The molecular formula is C12H17ClN2O. The van der Waals surface area contributed by atoms with Gasteiger partial charge in [-0.15, -0.1) is 0 Å². The van der Waals surface area contributed by atoms with Crippen LogP contribution in [-0.4, -0.2) is 27.9 Å². The van der Waals surface area contributed by atoms with Crippen LogP contribution in [0.15, 0.2) is 18.3 Å². The SMILES string of the molecule is CCN(C(=O)c1ccc(Cl)nc1)C(C)(C)C. The van der Waals surface area contributed by atoms with E-state index in [-0.39, 0.29) is 11.4 Å². The summed E-state index contributed by atoms with van der Waals surface area (Å²) >= 11 is 5.68. The van der Waals surface area contributed by atoms with E-state index < -0.39 is 0 Å². The first kappa shape index (κ1) is 13.0. The Hall–Kier alpha value is -1.09. The standard InChI is InChI=1S/C12H17ClN2O/c1-5-15(12(2,3)4)11(16)9-6-7-10(13)14-8-9/h6-8H,5H2,1-4H3. The maximum atomic E-state index is 12.2. The molecule has 3 nitrogen and oxygen atoms in total. The first-order valence-electron chi connectivity index (χ1n) is 5.29. The number of hydrogen-bond donors (Lipinski definition) is 0. The van der Waals surface area contributed by atoms with Crippen LogP contribution in [0.1, 0.15) is 38.1 Å². The van der Waals surface area contributed by atoms with E-state index in [2.05, 4.69) is 4.98 Å². The average molecular weight is 241 g/mol. The second-order valence-electron chi connectivity index (χ2n) is 4.59. The van der Waals surface area contributed by atoms with Crippen LogP contribution in [-0.2, 0) is 0 Å². The van der Waals surface area contributed by atoms with Crippen LogP contribution >= 0.6 is 11.6 Å². The van der Waals surface area contributed by atoms with Crippen molar-refractivity contribution in [1.29, 1.82) is 0 Å². The van der Waals surface area contributed by atoms with Crippen molar-refractivity contribution < 1.29 is 4.79 Å². The Balaban J connectivity index is 2.96. The maximum Gasteiger partial charge on any atom is 0.255 e. The van der Waals surface area contributed by atoms with Gasteiger partial charge in [0, 0.05) is 18.3 Å². The molecule has 1 amide bonds. The highest BCUT2D eigenvalue weighted by atomic mass is 35.5. The van der Waals surface area contributed by atoms with Gasteiger partial charge in [-0.05, 0) is 39.8 Å². The smallest absolute Gasteiger partial charge is 0.255 e. The van der Waals surface area contributed by atoms with Crippen molar-refractivity contribution in [3.05, 3.63) is 29.0 Å². The Bertz CT molecular complexity index is 368. The normalized spacial score (nSPS) is 11.3. The van der Waals surface area contributed by atoms with E-state index in [0.29, 0.717) is 17.3 Å². The van der Waals surface area contributed by atoms with Crippen LogP contribution in [0.2, 0.25) is 5.15 Å². The molecule has 1 heterocycles. The van der Waals surface area contributed by atoms with Gasteiger partial charge in [0.1, 0.15) is 5.15 Å². The predicted octanol–water partition coefficient (Wildman–Crippen LogP) is 3.00. The summed E-state index contributed by atoms with van der Waals surface area (Å²) in [5, 5.41) is 0.398. The minimum atomic E-state index is -0.189. The van der Waals surface area contributed by atoms with Crippen molar-refractivity contribution >= 4 is 17.5 Å². The average Bonchev–Trinajstić information content (AvgIpc) is 2.17. The monoisotopic (exact) mass is 240 g/mol. The summed E-state index contributed by atoms with van der Waals surface area (Å²) in [5.41, 5.74) is 0.382. The lowest BCUT2D eigenvalue weighted by Gasteiger charge is -2.34. The molecule has 16 heavy (non-hydrogen) atoms. The van der Waals surface area contributed by atoms with Gasteiger partial charge < -0.3 is 4.90 Å². The molecule has 0 atom stereocenters. The van der Waals surface area contributed by atoms with Gasteiger partial charge in [-0.3, -0.25) is 4.79 Å². The molecule has 0 aromatic carbocycles. The number of carbonyl (C=O) groups excluding carboxylic acids is 1. The fourth-order valence-electron chi connectivity index (χ4n) is 1.58. The molecule has 0 fully saturated rings. The van der Waals surface area contributed by atoms with Crippen LogP contribution in [0.25, 0.3) is 0 Å². The summed E-state index contributed by atoms with van der Waals surface area (Å²) in [6, 6.07) is 3.33. The van der Waals surface area contributed by atoms with Crippen molar-refractivity contribution in [1.82, 2.24) is 9.88 Å². The van der Waals surface area contributed by atoms with E-state index >= 15 is 0 Å². The van der Waals surface area contributed by atoms with Crippen LogP contribution < -0.4 is 0 Å². The summed E-state index contributed by atoms with van der Waals surface area (Å²) in [6.07, 6.45) is 1.51. The predicted molar refractivity (Wildman–Crippen MR) is 65.7 cm³/mol. The number of amides is 1. The molecule has 0 aliphatic rings. The molecule has 88 valence electrons. The fourth-order valence-corrected chi connectivity index (χ4v) is 1.69.